The highest BCUT2D eigenvalue weighted by Gasteiger charge is 2.20. The zero-order valence-electron chi connectivity index (χ0n) is 13.6. The summed E-state index contributed by atoms with van der Waals surface area (Å²) in [4.78, 5) is 25.2. The first kappa shape index (κ1) is 18.0. The summed E-state index contributed by atoms with van der Waals surface area (Å²) in [5, 5.41) is 2.46. The zero-order valence-corrected chi connectivity index (χ0v) is 13.6. The average Bonchev–Trinajstić information content (AvgIpc) is 2.36. The SMILES string of the molecule is CN(Cc1ccccc1)C(=O)CC(N)NC(=O)OC(C)(C)C. The van der Waals surface area contributed by atoms with Crippen LogP contribution in [0.3, 0.4) is 0 Å². The highest BCUT2D eigenvalue weighted by molar-refractivity contribution is 5.77. The number of carbonyl (C=O) groups is 2. The molecule has 1 unspecified atom stereocenters. The molecule has 0 aromatic heterocycles. The Morgan fingerprint density at radius 1 is 1.27 bits per heavy atom. The van der Waals surface area contributed by atoms with Gasteiger partial charge in [0.15, 0.2) is 0 Å². The summed E-state index contributed by atoms with van der Waals surface area (Å²) in [5.41, 5.74) is 6.20. The van der Waals surface area contributed by atoms with Crippen LogP contribution in [-0.2, 0) is 16.1 Å². The summed E-state index contributed by atoms with van der Waals surface area (Å²) in [6.45, 7) is 5.78. The molecule has 0 radical (unpaired) electrons. The van der Waals surface area contributed by atoms with Gasteiger partial charge in [-0.3, -0.25) is 4.79 Å². The summed E-state index contributed by atoms with van der Waals surface area (Å²) in [5.74, 6) is -0.146. The third-order valence-corrected chi connectivity index (χ3v) is 2.78. The molecule has 0 saturated carbocycles. The van der Waals surface area contributed by atoms with E-state index in [0.29, 0.717) is 6.54 Å². The van der Waals surface area contributed by atoms with Crippen molar-refractivity contribution in [1.82, 2.24) is 10.2 Å². The van der Waals surface area contributed by atoms with Crippen molar-refractivity contribution in [1.29, 1.82) is 0 Å². The molecule has 6 heteroatoms. The number of carbonyl (C=O) groups excluding carboxylic acids is 2. The maximum Gasteiger partial charge on any atom is 0.408 e. The second-order valence-corrected chi connectivity index (χ2v) is 6.19. The number of rotatable bonds is 5. The van der Waals surface area contributed by atoms with Crippen molar-refractivity contribution in [2.75, 3.05) is 7.05 Å². The standard InChI is InChI=1S/C16H25N3O3/c1-16(2,3)22-15(21)18-13(17)10-14(20)19(4)11-12-8-6-5-7-9-12/h5-9,13H,10-11,17H2,1-4H3,(H,18,21). The van der Waals surface area contributed by atoms with E-state index in [1.54, 1.807) is 32.7 Å². The molecule has 3 N–H and O–H groups in total. The minimum Gasteiger partial charge on any atom is -0.444 e. The summed E-state index contributed by atoms with van der Waals surface area (Å²) in [7, 11) is 1.70. The van der Waals surface area contributed by atoms with Crippen LogP contribution in [0.4, 0.5) is 4.79 Å². The van der Waals surface area contributed by atoms with Crippen molar-refractivity contribution in [2.24, 2.45) is 5.73 Å². The highest BCUT2D eigenvalue weighted by Crippen LogP contribution is 2.07. The molecule has 6 nitrogen and oxygen atoms in total. The monoisotopic (exact) mass is 307 g/mol. The fraction of sp³-hybridized carbons (Fsp3) is 0.500. The molecule has 1 rings (SSSR count). The van der Waals surface area contributed by atoms with E-state index in [0.717, 1.165) is 5.56 Å². The molecule has 1 atom stereocenters. The molecular weight excluding hydrogens is 282 g/mol. The van der Waals surface area contributed by atoms with E-state index >= 15 is 0 Å². The van der Waals surface area contributed by atoms with Crippen molar-refractivity contribution < 1.29 is 14.3 Å². The Hall–Kier alpha value is -2.08. The molecule has 2 amide bonds. The lowest BCUT2D eigenvalue weighted by Crippen LogP contribution is -2.46. The Labute approximate surface area is 131 Å². The molecule has 0 aliphatic carbocycles. The number of hydrogen-bond acceptors (Lipinski definition) is 4. The normalized spacial score (nSPS) is 12.4. The summed E-state index contributed by atoms with van der Waals surface area (Å²) in [6.07, 6.45) is -1.39. The van der Waals surface area contributed by atoms with E-state index in [1.165, 1.54) is 0 Å². The Morgan fingerprint density at radius 3 is 2.41 bits per heavy atom. The van der Waals surface area contributed by atoms with E-state index in [9.17, 15) is 9.59 Å². The number of ether oxygens (including phenoxy) is 1. The Balaban J connectivity index is 2.41. The van der Waals surface area contributed by atoms with E-state index in [1.807, 2.05) is 30.3 Å². The maximum atomic E-state index is 12.1. The predicted molar refractivity (Wildman–Crippen MR) is 84.9 cm³/mol. The lowest BCUT2D eigenvalue weighted by Gasteiger charge is -2.23. The van der Waals surface area contributed by atoms with Crippen molar-refractivity contribution in [2.45, 2.75) is 45.5 Å². The van der Waals surface area contributed by atoms with Gasteiger partial charge in [0.2, 0.25) is 5.91 Å². The number of amides is 2. The van der Waals surface area contributed by atoms with E-state index in [2.05, 4.69) is 5.32 Å². The summed E-state index contributed by atoms with van der Waals surface area (Å²) < 4.78 is 5.09. The molecule has 122 valence electrons. The van der Waals surface area contributed by atoms with Crippen LogP contribution in [0.5, 0.6) is 0 Å². The maximum absolute atomic E-state index is 12.1. The third kappa shape index (κ3) is 7.08. The van der Waals surface area contributed by atoms with E-state index < -0.39 is 17.9 Å². The van der Waals surface area contributed by atoms with Gasteiger partial charge in [0.05, 0.1) is 12.6 Å². The second kappa shape index (κ2) is 7.79. The molecule has 0 spiro atoms. The van der Waals surface area contributed by atoms with Gasteiger partial charge in [-0.05, 0) is 26.3 Å². The minimum atomic E-state index is -0.777. The van der Waals surface area contributed by atoms with E-state index in [4.69, 9.17) is 10.5 Å². The Morgan fingerprint density at radius 2 is 1.86 bits per heavy atom. The van der Waals surface area contributed by atoms with Crippen molar-refractivity contribution >= 4 is 12.0 Å². The lowest BCUT2D eigenvalue weighted by atomic mass is 10.2. The third-order valence-electron chi connectivity index (χ3n) is 2.78. The lowest BCUT2D eigenvalue weighted by molar-refractivity contribution is -0.130. The largest absolute Gasteiger partial charge is 0.444 e. The van der Waals surface area contributed by atoms with Gasteiger partial charge in [-0.1, -0.05) is 30.3 Å². The van der Waals surface area contributed by atoms with Crippen LogP contribution in [0.1, 0.15) is 32.8 Å². The molecule has 0 aliphatic heterocycles. The molecular formula is C16H25N3O3. The van der Waals surface area contributed by atoms with Crippen LogP contribution in [0, 0.1) is 0 Å². The van der Waals surface area contributed by atoms with Gasteiger partial charge in [0.25, 0.3) is 0 Å². The van der Waals surface area contributed by atoms with Gasteiger partial charge in [0.1, 0.15) is 5.60 Å². The van der Waals surface area contributed by atoms with Crippen LogP contribution >= 0.6 is 0 Å². The van der Waals surface area contributed by atoms with Gasteiger partial charge in [-0.25, -0.2) is 4.79 Å². The number of hydrogen-bond donors (Lipinski definition) is 2. The summed E-state index contributed by atoms with van der Waals surface area (Å²) in [6, 6.07) is 9.66. The quantitative estimate of drug-likeness (QED) is 0.813. The first-order valence-electron chi connectivity index (χ1n) is 7.20. The number of nitrogens with zero attached hydrogens (tertiary/aromatic N) is 1. The first-order chi connectivity index (χ1) is 10.2. The fourth-order valence-electron chi connectivity index (χ4n) is 1.80. The Bertz CT molecular complexity index is 497. The molecule has 1 aromatic carbocycles. The van der Waals surface area contributed by atoms with Crippen LogP contribution < -0.4 is 11.1 Å². The molecule has 0 fully saturated rings. The van der Waals surface area contributed by atoms with E-state index in [-0.39, 0.29) is 12.3 Å². The van der Waals surface area contributed by atoms with Gasteiger partial charge < -0.3 is 20.7 Å². The van der Waals surface area contributed by atoms with Gasteiger partial charge in [-0.2, -0.15) is 0 Å². The smallest absolute Gasteiger partial charge is 0.408 e. The number of benzene rings is 1. The highest BCUT2D eigenvalue weighted by atomic mass is 16.6. The summed E-state index contributed by atoms with van der Waals surface area (Å²) >= 11 is 0. The van der Waals surface area contributed by atoms with Gasteiger partial charge >= 0.3 is 6.09 Å². The van der Waals surface area contributed by atoms with Gasteiger partial charge in [-0.15, -0.1) is 0 Å². The molecule has 1 aromatic rings. The molecule has 0 saturated heterocycles. The average molecular weight is 307 g/mol. The van der Waals surface area contributed by atoms with Crippen molar-refractivity contribution in [3.8, 4) is 0 Å². The topological polar surface area (TPSA) is 84.7 Å². The molecule has 0 bridgehead atoms. The number of alkyl carbamates (subject to hydrolysis) is 1. The van der Waals surface area contributed by atoms with Crippen LogP contribution in [0.25, 0.3) is 0 Å². The van der Waals surface area contributed by atoms with Crippen molar-refractivity contribution in [3.63, 3.8) is 0 Å². The van der Waals surface area contributed by atoms with Gasteiger partial charge in [0, 0.05) is 13.6 Å². The fourth-order valence-corrected chi connectivity index (χ4v) is 1.80. The van der Waals surface area contributed by atoms with Crippen LogP contribution in [-0.4, -0.2) is 35.7 Å². The zero-order chi connectivity index (χ0) is 16.8. The number of nitrogens with one attached hydrogen (secondary N) is 1. The van der Waals surface area contributed by atoms with Crippen molar-refractivity contribution in [3.05, 3.63) is 35.9 Å². The predicted octanol–water partition coefficient (Wildman–Crippen LogP) is 1.84. The molecule has 22 heavy (non-hydrogen) atoms. The molecule has 0 aliphatic rings. The first-order valence-corrected chi connectivity index (χ1v) is 7.20. The minimum absolute atomic E-state index is 0.0164. The Kier molecular flexibility index (Phi) is 6.37. The van der Waals surface area contributed by atoms with Crippen LogP contribution in [0.15, 0.2) is 30.3 Å². The second-order valence-electron chi connectivity index (χ2n) is 6.19. The number of nitrogens with two attached hydrogens (primary N) is 1. The molecule has 0 heterocycles. The van der Waals surface area contributed by atoms with Crippen LogP contribution in [0.2, 0.25) is 0 Å².